The van der Waals surface area contributed by atoms with E-state index in [9.17, 15) is 5.26 Å². The van der Waals surface area contributed by atoms with Gasteiger partial charge in [0, 0.05) is 12.6 Å². The first-order chi connectivity index (χ1) is 9.82. The fraction of sp³-hybridized carbons (Fsp3) is 0.941. The van der Waals surface area contributed by atoms with E-state index in [0.717, 1.165) is 19.3 Å². The fourth-order valence-corrected chi connectivity index (χ4v) is 4.19. The number of hydrogen-bond acceptors (Lipinski definition) is 4. The monoisotopic (exact) mass is 294 g/mol. The van der Waals surface area contributed by atoms with Crippen LogP contribution in [0.4, 0.5) is 0 Å². The first-order valence-corrected chi connectivity index (χ1v) is 8.21. The van der Waals surface area contributed by atoms with Gasteiger partial charge in [-0.2, -0.15) is 5.26 Å². The maximum atomic E-state index is 9.62. The Morgan fingerprint density at radius 3 is 2.24 bits per heavy atom. The Morgan fingerprint density at radius 2 is 1.71 bits per heavy atom. The molecule has 0 aromatic heterocycles. The Bertz CT molecular complexity index is 394. The normalized spacial score (nSPS) is 32.7. The van der Waals surface area contributed by atoms with Crippen molar-refractivity contribution >= 4 is 0 Å². The van der Waals surface area contributed by atoms with Crippen LogP contribution in [0.25, 0.3) is 0 Å². The zero-order valence-electron chi connectivity index (χ0n) is 14.2. The number of piperidine rings is 1. The largest absolute Gasteiger partial charge is 0.379 e. The predicted molar refractivity (Wildman–Crippen MR) is 82.8 cm³/mol. The quantitative estimate of drug-likeness (QED) is 0.748. The van der Waals surface area contributed by atoms with Gasteiger partial charge in [-0.3, -0.25) is 4.90 Å². The third-order valence-electron chi connectivity index (χ3n) is 5.21. The van der Waals surface area contributed by atoms with Crippen molar-refractivity contribution in [3.8, 4) is 6.19 Å². The third-order valence-corrected chi connectivity index (χ3v) is 5.21. The molecular weight excluding hydrogens is 264 g/mol. The summed E-state index contributed by atoms with van der Waals surface area (Å²) in [7, 11) is 1.76. The van der Waals surface area contributed by atoms with Crippen molar-refractivity contribution in [3.63, 3.8) is 0 Å². The van der Waals surface area contributed by atoms with Crippen LogP contribution in [0.3, 0.4) is 0 Å². The standard InChI is InChI=1S/C17H30N2O2/c1-16(2)11-14(20-5)15(17(3,4)19(16)12-18)21-13-9-7-6-8-10-13/h13-15H,6-11H2,1-5H3. The van der Waals surface area contributed by atoms with E-state index in [-0.39, 0.29) is 23.3 Å². The summed E-state index contributed by atoms with van der Waals surface area (Å²) >= 11 is 0. The molecule has 2 rings (SSSR count). The van der Waals surface area contributed by atoms with Crippen molar-refractivity contribution in [3.05, 3.63) is 0 Å². The lowest BCUT2D eigenvalue weighted by molar-refractivity contribution is -0.194. The first-order valence-electron chi connectivity index (χ1n) is 8.21. The maximum absolute atomic E-state index is 9.62. The van der Waals surface area contributed by atoms with Crippen molar-refractivity contribution in [2.45, 2.75) is 95.6 Å². The molecule has 21 heavy (non-hydrogen) atoms. The number of rotatable bonds is 3. The van der Waals surface area contributed by atoms with Crippen LogP contribution < -0.4 is 0 Å². The molecule has 0 aromatic rings. The molecule has 0 radical (unpaired) electrons. The van der Waals surface area contributed by atoms with Gasteiger partial charge in [0.05, 0.1) is 17.7 Å². The van der Waals surface area contributed by atoms with E-state index in [1.807, 2.05) is 4.90 Å². The maximum Gasteiger partial charge on any atom is 0.180 e. The molecule has 1 heterocycles. The SMILES string of the molecule is COC1CC(C)(C)N(C#N)C(C)(C)C1OC1CCCCC1. The van der Waals surface area contributed by atoms with E-state index in [2.05, 4.69) is 33.9 Å². The molecule has 1 aliphatic carbocycles. The van der Waals surface area contributed by atoms with E-state index >= 15 is 0 Å². The molecule has 2 aliphatic rings. The smallest absolute Gasteiger partial charge is 0.180 e. The van der Waals surface area contributed by atoms with E-state index in [1.165, 1.54) is 19.3 Å². The zero-order valence-corrected chi connectivity index (χ0v) is 14.2. The number of nitriles is 1. The number of likely N-dealkylation sites (tertiary alicyclic amines) is 1. The lowest BCUT2D eigenvalue weighted by atomic mass is 9.76. The Hall–Kier alpha value is -0.790. The van der Waals surface area contributed by atoms with Gasteiger partial charge in [-0.25, -0.2) is 0 Å². The molecule has 0 N–H and O–H groups in total. The van der Waals surface area contributed by atoms with Gasteiger partial charge in [0.15, 0.2) is 6.19 Å². The van der Waals surface area contributed by atoms with Crippen molar-refractivity contribution in [1.82, 2.24) is 4.90 Å². The van der Waals surface area contributed by atoms with Crippen LogP contribution in [0.1, 0.15) is 66.2 Å². The number of hydrogen-bond donors (Lipinski definition) is 0. The number of nitrogens with zero attached hydrogens (tertiary/aromatic N) is 2. The third kappa shape index (κ3) is 3.19. The van der Waals surface area contributed by atoms with E-state index in [4.69, 9.17) is 9.47 Å². The molecule has 0 spiro atoms. The van der Waals surface area contributed by atoms with Crippen molar-refractivity contribution in [2.75, 3.05) is 7.11 Å². The summed E-state index contributed by atoms with van der Waals surface area (Å²) in [4.78, 5) is 1.91. The van der Waals surface area contributed by atoms with Crippen molar-refractivity contribution in [1.29, 1.82) is 5.26 Å². The van der Waals surface area contributed by atoms with Gasteiger partial charge in [0.2, 0.25) is 0 Å². The highest BCUT2D eigenvalue weighted by Crippen LogP contribution is 2.41. The summed E-state index contributed by atoms with van der Waals surface area (Å²) in [5, 5.41) is 9.62. The lowest BCUT2D eigenvalue weighted by Gasteiger charge is -2.56. The average Bonchev–Trinajstić information content (AvgIpc) is 2.42. The van der Waals surface area contributed by atoms with Crippen molar-refractivity contribution < 1.29 is 9.47 Å². The number of ether oxygens (including phenoxy) is 2. The second kappa shape index (κ2) is 6.14. The molecule has 1 aliphatic heterocycles. The Balaban J connectivity index is 2.21. The molecule has 2 atom stereocenters. The zero-order chi connectivity index (χ0) is 15.7. The molecule has 0 aromatic carbocycles. The summed E-state index contributed by atoms with van der Waals surface area (Å²) in [6.45, 7) is 8.44. The van der Waals surface area contributed by atoms with Gasteiger partial charge in [0.25, 0.3) is 0 Å². The molecular formula is C17H30N2O2. The summed E-state index contributed by atoms with van der Waals surface area (Å²) in [6.07, 6.45) is 9.62. The van der Waals surface area contributed by atoms with Crippen LogP contribution in [0.15, 0.2) is 0 Å². The Morgan fingerprint density at radius 1 is 1.10 bits per heavy atom. The molecule has 120 valence electrons. The van der Waals surface area contributed by atoms with Crippen LogP contribution >= 0.6 is 0 Å². The summed E-state index contributed by atoms with van der Waals surface area (Å²) in [5.74, 6) is 0. The average molecular weight is 294 g/mol. The van der Waals surface area contributed by atoms with Crippen LogP contribution in [-0.4, -0.2) is 41.4 Å². The van der Waals surface area contributed by atoms with E-state index in [0.29, 0.717) is 6.10 Å². The summed E-state index contributed by atoms with van der Waals surface area (Å²) < 4.78 is 12.2. The molecule has 0 amide bonds. The van der Waals surface area contributed by atoms with Crippen molar-refractivity contribution in [2.24, 2.45) is 0 Å². The Kier molecular flexibility index (Phi) is 4.85. The summed E-state index contributed by atoms with van der Waals surface area (Å²) in [5.41, 5.74) is -0.556. The van der Waals surface area contributed by atoms with Gasteiger partial charge in [-0.05, 0) is 47.0 Å². The van der Waals surface area contributed by atoms with E-state index < -0.39 is 0 Å². The minimum atomic E-state index is -0.353. The molecule has 1 saturated heterocycles. The van der Waals surface area contributed by atoms with E-state index in [1.54, 1.807) is 7.11 Å². The lowest BCUT2D eigenvalue weighted by Crippen LogP contribution is -2.68. The summed E-state index contributed by atoms with van der Waals surface area (Å²) in [6, 6.07) is 0. The van der Waals surface area contributed by atoms with Crippen LogP contribution in [0.5, 0.6) is 0 Å². The predicted octanol–water partition coefficient (Wildman–Crippen LogP) is 3.46. The van der Waals surface area contributed by atoms with Crippen LogP contribution in [0, 0.1) is 11.5 Å². The molecule has 4 nitrogen and oxygen atoms in total. The van der Waals surface area contributed by atoms with Gasteiger partial charge >= 0.3 is 0 Å². The molecule has 1 saturated carbocycles. The van der Waals surface area contributed by atoms with Gasteiger partial charge in [0.1, 0.15) is 6.10 Å². The Labute approximate surface area is 129 Å². The second-order valence-corrected chi connectivity index (χ2v) is 7.70. The highest BCUT2D eigenvalue weighted by atomic mass is 16.5. The number of methoxy groups -OCH3 is 1. The fourth-order valence-electron chi connectivity index (χ4n) is 4.19. The van der Waals surface area contributed by atoms with Gasteiger partial charge < -0.3 is 9.47 Å². The second-order valence-electron chi connectivity index (χ2n) is 7.70. The molecule has 4 heteroatoms. The molecule has 2 fully saturated rings. The minimum Gasteiger partial charge on any atom is -0.379 e. The first kappa shape index (κ1) is 16.6. The van der Waals surface area contributed by atoms with Gasteiger partial charge in [-0.1, -0.05) is 19.3 Å². The van der Waals surface area contributed by atoms with Crippen LogP contribution in [-0.2, 0) is 9.47 Å². The highest BCUT2D eigenvalue weighted by molar-refractivity contribution is 5.11. The van der Waals surface area contributed by atoms with Gasteiger partial charge in [-0.15, -0.1) is 0 Å². The molecule has 0 bridgehead atoms. The highest BCUT2D eigenvalue weighted by Gasteiger charge is 2.53. The topological polar surface area (TPSA) is 45.5 Å². The minimum absolute atomic E-state index is 0.0431. The molecule has 2 unspecified atom stereocenters. The van der Waals surface area contributed by atoms with Crippen LogP contribution in [0.2, 0.25) is 0 Å².